The van der Waals surface area contributed by atoms with Crippen molar-refractivity contribution in [2.45, 2.75) is 23.0 Å². The van der Waals surface area contributed by atoms with Crippen molar-refractivity contribution < 1.29 is 19.5 Å². The van der Waals surface area contributed by atoms with E-state index in [1.54, 1.807) is 24.3 Å². The highest BCUT2D eigenvalue weighted by atomic mass is 32.2. The van der Waals surface area contributed by atoms with E-state index < -0.39 is 23.1 Å². The summed E-state index contributed by atoms with van der Waals surface area (Å²) in [5.74, 6) is -3.04. The molecule has 0 bridgehead atoms. The lowest BCUT2D eigenvalue weighted by atomic mass is 9.82. The Morgan fingerprint density at radius 3 is 2.29 bits per heavy atom. The lowest BCUT2D eigenvalue weighted by molar-refractivity contribution is -0.146. The Balaban J connectivity index is 1.36. The second kappa shape index (κ2) is 13.3. The number of allylic oxidation sites excluding steroid dienone is 2. The number of nitrogens with one attached hydrogen (secondary N) is 2. The molecular formula is C33H27N3O4S2. The van der Waals surface area contributed by atoms with E-state index in [1.807, 2.05) is 78.2 Å². The number of thiophene rings is 1. The van der Waals surface area contributed by atoms with Gasteiger partial charge in [-0.05, 0) is 42.2 Å². The highest BCUT2D eigenvalue weighted by Gasteiger charge is 2.34. The smallest absolute Gasteiger partial charge is 0.307 e. The zero-order valence-corrected chi connectivity index (χ0v) is 24.0. The van der Waals surface area contributed by atoms with Crippen LogP contribution in [0.15, 0.2) is 107 Å². The van der Waals surface area contributed by atoms with Crippen LogP contribution in [0.25, 0.3) is 11.1 Å². The molecule has 0 aliphatic heterocycles. The lowest BCUT2D eigenvalue weighted by Gasteiger charge is -2.24. The molecule has 1 heterocycles. The van der Waals surface area contributed by atoms with Crippen LogP contribution in [0.2, 0.25) is 0 Å². The SMILES string of the molecule is N#Cc1c(-c2ccccc2)csc1NC(=O)C(Sc1cccc(NC(=O)C2CC=CCC2C(=O)O)c1)c1ccccc1. The molecule has 1 aliphatic carbocycles. The fraction of sp³-hybridized carbons (Fsp3) is 0.152. The molecule has 3 unspecified atom stereocenters. The predicted octanol–water partition coefficient (Wildman–Crippen LogP) is 7.36. The summed E-state index contributed by atoms with van der Waals surface area (Å²) < 4.78 is 0. The molecule has 0 fully saturated rings. The van der Waals surface area contributed by atoms with Crippen LogP contribution in [-0.4, -0.2) is 22.9 Å². The van der Waals surface area contributed by atoms with Gasteiger partial charge in [-0.3, -0.25) is 14.4 Å². The van der Waals surface area contributed by atoms with E-state index in [0.29, 0.717) is 29.1 Å². The van der Waals surface area contributed by atoms with Gasteiger partial charge in [-0.1, -0.05) is 78.9 Å². The molecule has 0 saturated carbocycles. The Morgan fingerprint density at radius 2 is 1.60 bits per heavy atom. The van der Waals surface area contributed by atoms with Crippen LogP contribution in [0.5, 0.6) is 0 Å². The molecule has 42 heavy (non-hydrogen) atoms. The number of thioether (sulfide) groups is 1. The van der Waals surface area contributed by atoms with E-state index in [4.69, 9.17) is 0 Å². The van der Waals surface area contributed by atoms with Crippen molar-refractivity contribution in [2.24, 2.45) is 11.8 Å². The fourth-order valence-corrected chi connectivity index (χ4v) is 6.87. The van der Waals surface area contributed by atoms with E-state index in [2.05, 4.69) is 16.7 Å². The highest BCUT2D eigenvalue weighted by molar-refractivity contribution is 8.00. The maximum Gasteiger partial charge on any atom is 0.307 e. The summed E-state index contributed by atoms with van der Waals surface area (Å²) in [6.07, 6.45) is 4.33. The molecule has 9 heteroatoms. The first kappa shape index (κ1) is 28.9. The topological polar surface area (TPSA) is 119 Å². The van der Waals surface area contributed by atoms with Crippen LogP contribution in [0.1, 0.15) is 29.2 Å². The molecule has 3 aromatic carbocycles. The highest BCUT2D eigenvalue weighted by Crippen LogP contribution is 2.40. The summed E-state index contributed by atoms with van der Waals surface area (Å²) in [5.41, 5.74) is 3.39. The average Bonchev–Trinajstić information content (AvgIpc) is 3.43. The normalized spacial score (nSPS) is 16.6. The lowest BCUT2D eigenvalue weighted by Crippen LogP contribution is -2.34. The van der Waals surface area contributed by atoms with Crippen LogP contribution in [0.4, 0.5) is 10.7 Å². The van der Waals surface area contributed by atoms with Crippen LogP contribution < -0.4 is 10.6 Å². The van der Waals surface area contributed by atoms with Crippen molar-refractivity contribution in [3.8, 4) is 17.2 Å². The van der Waals surface area contributed by atoms with Gasteiger partial charge in [0.25, 0.3) is 0 Å². The van der Waals surface area contributed by atoms with Gasteiger partial charge in [0.2, 0.25) is 11.8 Å². The van der Waals surface area contributed by atoms with Crippen molar-refractivity contribution in [3.05, 3.63) is 114 Å². The Morgan fingerprint density at radius 1 is 0.905 bits per heavy atom. The first-order valence-electron chi connectivity index (χ1n) is 13.3. The van der Waals surface area contributed by atoms with Gasteiger partial charge in [-0.2, -0.15) is 5.26 Å². The van der Waals surface area contributed by atoms with E-state index in [0.717, 1.165) is 21.6 Å². The number of carboxylic acid groups (broad SMARTS) is 1. The predicted molar refractivity (Wildman–Crippen MR) is 166 cm³/mol. The minimum Gasteiger partial charge on any atom is -0.481 e. The number of amides is 2. The van der Waals surface area contributed by atoms with Gasteiger partial charge in [0.1, 0.15) is 16.3 Å². The summed E-state index contributed by atoms with van der Waals surface area (Å²) in [6.45, 7) is 0. The summed E-state index contributed by atoms with van der Waals surface area (Å²) in [7, 11) is 0. The van der Waals surface area contributed by atoms with Gasteiger partial charge >= 0.3 is 5.97 Å². The molecular weight excluding hydrogens is 567 g/mol. The minimum atomic E-state index is -0.985. The van der Waals surface area contributed by atoms with Crippen LogP contribution >= 0.6 is 23.1 Å². The fourth-order valence-electron chi connectivity index (χ4n) is 4.86. The monoisotopic (exact) mass is 593 g/mol. The summed E-state index contributed by atoms with van der Waals surface area (Å²) in [6, 6.07) is 28.3. The van der Waals surface area contributed by atoms with Crippen LogP contribution in [0, 0.1) is 23.2 Å². The third-order valence-corrected chi connectivity index (χ3v) is 9.15. The number of rotatable bonds is 9. The summed E-state index contributed by atoms with van der Waals surface area (Å²) in [5, 5.41) is 27.0. The van der Waals surface area contributed by atoms with Gasteiger partial charge in [0.05, 0.1) is 17.4 Å². The first-order valence-corrected chi connectivity index (χ1v) is 15.1. The Bertz CT molecular complexity index is 1660. The van der Waals surface area contributed by atoms with Crippen LogP contribution in [0.3, 0.4) is 0 Å². The number of hydrogen-bond donors (Lipinski definition) is 3. The standard InChI is InChI=1S/C33H27N3O4S2/c34-19-27-28(21-10-3-1-4-11-21)20-41-32(27)36-31(38)29(22-12-5-2-6-13-22)42-24-15-9-14-23(18-24)35-30(37)25-16-7-8-17-26(25)33(39)40/h1-15,18,20,25-26,29H,16-17H2,(H,35,37)(H,36,38)(H,39,40). The Hall–Kier alpha value is -4.65. The van der Waals surface area contributed by atoms with Crippen LogP contribution in [-0.2, 0) is 14.4 Å². The van der Waals surface area contributed by atoms with Crippen molar-refractivity contribution in [3.63, 3.8) is 0 Å². The second-order valence-electron chi connectivity index (χ2n) is 9.74. The number of aliphatic carboxylic acids is 1. The first-order chi connectivity index (χ1) is 20.4. The number of benzene rings is 3. The third-order valence-electron chi connectivity index (χ3n) is 7.01. The number of carbonyl (C=O) groups excluding carboxylic acids is 2. The van der Waals surface area contributed by atoms with Crippen molar-refractivity contribution in [1.29, 1.82) is 5.26 Å². The average molecular weight is 594 g/mol. The molecule has 1 aliphatic rings. The molecule has 3 atom stereocenters. The number of hydrogen-bond acceptors (Lipinski definition) is 6. The van der Waals surface area contributed by atoms with E-state index in [9.17, 15) is 24.8 Å². The molecule has 0 radical (unpaired) electrons. The molecule has 1 aromatic heterocycles. The quantitative estimate of drug-likeness (QED) is 0.138. The van der Waals surface area contributed by atoms with Crippen molar-refractivity contribution in [1.82, 2.24) is 0 Å². The minimum absolute atomic E-state index is 0.281. The van der Waals surface area contributed by atoms with Gasteiger partial charge in [-0.15, -0.1) is 23.1 Å². The van der Waals surface area contributed by atoms with E-state index >= 15 is 0 Å². The van der Waals surface area contributed by atoms with Crippen molar-refractivity contribution >= 4 is 51.6 Å². The van der Waals surface area contributed by atoms with Gasteiger partial charge in [0, 0.05) is 21.5 Å². The summed E-state index contributed by atoms with van der Waals surface area (Å²) in [4.78, 5) is 39.2. The zero-order valence-electron chi connectivity index (χ0n) is 22.4. The van der Waals surface area contributed by atoms with E-state index in [-0.39, 0.29) is 11.8 Å². The van der Waals surface area contributed by atoms with Gasteiger partial charge in [-0.25, -0.2) is 0 Å². The third kappa shape index (κ3) is 6.62. The number of nitrogens with zero attached hydrogens (tertiary/aromatic N) is 1. The molecule has 0 saturated heterocycles. The maximum atomic E-state index is 13.7. The number of carbonyl (C=O) groups is 3. The maximum absolute atomic E-state index is 13.7. The molecule has 2 amide bonds. The molecule has 5 rings (SSSR count). The molecule has 0 spiro atoms. The number of nitriles is 1. The molecule has 7 nitrogen and oxygen atoms in total. The Labute approximate surface area is 251 Å². The van der Waals surface area contributed by atoms with Crippen molar-refractivity contribution in [2.75, 3.05) is 10.6 Å². The molecule has 210 valence electrons. The number of anilines is 2. The zero-order chi connectivity index (χ0) is 29.5. The largest absolute Gasteiger partial charge is 0.481 e. The molecule has 4 aromatic rings. The number of carboxylic acids is 1. The van der Waals surface area contributed by atoms with Gasteiger partial charge < -0.3 is 15.7 Å². The van der Waals surface area contributed by atoms with E-state index in [1.165, 1.54) is 23.1 Å². The second-order valence-corrected chi connectivity index (χ2v) is 11.8. The van der Waals surface area contributed by atoms with Gasteiger partial charge in [0.15, 0.2) is 0 Å². The Kier molecular flexibility index (Phi) is 9.17. The molecule has 3 N–H and O–H groups in total. The summed E-state index contributed by atoms with van der Waals surface area (Å²) >= 11 is 2.63.